The van der Waals surface area contributed by atoms with Crippen molar-refractivity contribution in [3.63, 3.8) is 0 Å². The Morgan fingerprint density at radius 2 is 1.50 bits per heavy atom. The smallest absolute Gasteiger partial charge is 0.246 e. The van der Waals surface area contributed by atoms with Crippen LogP contribution in [0.2, 0.25) is 0 Å². The van der Waals surface area contributed by atoms with Gasteiger partial charge in [-0.2, -0.15) is 0 Å². The highest BCUT2D eigenvalue weighted by molar-refractivity contribution is 5.92. The molecule has 1 fully saturated rings. The second-order valence-corrected chi connectivity index (χ2v) is 7.69. The summed E-state index contributed by atoms with van der Waals surface area (Å²) in [5, 5.41) is 0. The van der Waals surface area contributed by atoms with Crippen molar-refractivity contribution in [2.45, 2.75) is 6.61 Å². The first-order chi connectivity index (χ1) is 15.7. The van der Waals surface area contributed by atoms with E-state index in [2.05, 4.69) is 17.0 Å². The van der Waals surface area contributed by atoms with E-state index < -0.39 is 0 Å². The molecule has 3 aromatic rings. The molecular weight excluding hydrogens is 400 g/mol. The molecule has 0 N–H and O–H groups in total. The number of hydrogen-bond acceptors (Lipinski definition) is 4. The van der Waals surface area contributed by atoms with Crippen molar-refractivity contribution in [3.05, 3.63) is 96.1 Å². The molecule has 1 aliphatic rings. The molecule has 0 spiro atoms. The highest BCUT2D eigenvalue weighted by atomic mass is 16.5. The van der Waals surface area contributed by atoms with Gasteiger partial charge >= 0.3 is 0 Å². The highest BCUT2D eigenvalue weighted by Gasteiger charge is 2.19. The topological polar surface area (TPSA) is 42.0 Å². The number of nitrogens with zero attached hydrogens (tertiary/aromatic N) is 2. The van der Waals surface area contributed by atoms with Gasteiger partial charge in [-0.25, -0.2) is 0 Å². The third-order valence-corrected chi connectivity index (χ3v) is 5.58. The summed E-state index contributed by atoms with van der Waals surface area (Å²) in [4.78, 5) is 16.8. The van der Waals surface area contributed by atoms with Crippen molar-refractivity contribution in [1.29, 1.82) is 0 Å². The van der Waals surface area contributed by atoms with Gasteiger partial charge in [0.2, 0.25) is 5.91 Å². The zero-order chi connectivity index (χ0) is 22.2. The van der Waals surface area contributed by atoms with E-state index in [4.69, 9.17) is 9.47 Å². The Morgan fingerprint density at radius 3 is 2.16 bits per heavy atom. The number of anilines is 1. The Hall–Kier alpha value is -3.73. The summed E-state index contributed by atoms with van der Waals surface area (Å²) in [6, 6.07) is 25.9. The Labute approximate surface area is 189 Å². The minimum absolute atomic E-state index is 0.0452. The Kier molecular flexibility index (Phi) is 7.08. The van der Waals surface area contributed by atoms with Gasteiger partial charge in [-0.3, -0.25) is 4.79 Å². The lowest BCUT2D eigenvalue weighted by Crippen LogP contribution is -2.48. The van der Waals surface area contributed by atoms with Crippen molar-refractivity contribution in [2.24, 2.45) is 0 Å². The molecule has 0 radical (unpaired) electrons. The van der Waals surface area contributed by atoms with E-state index in [1.54, 1.807) is 13.2 Å². The summed E-state index contributed by atoms with van der Waals surface area (Å²) >= 11 is 0. The molecule has 0 saturated carbocycles. The van der Waals surface area contributed by atoms with E-state index in [9.17, 15) is 4.79 Å². The van der Waals surface area contributed by atoms with E-state index in [-0.39, 0.29) is 5.91 Å². The molecule has 0 aliphatic carbocycles. The minimum Gasteiger partial charge on any atom is -0.497 e. The number of carbonyl (C=O) groups is 1. The predicted molar refractivity (Wildman–Crippen MR) is 128 cm³/mol. The van der Waals surface area contributed by atoms with Crippen LogP contribution in [0.4, 0.5) is 5.69 Å². The monoisotopic (exact) mass is 428 g/mol. The number of amides is 1. The van der Waals surface area contributed by atoms with E-state index in [0.29, 0.717) is 19.7 Å². The molecule has 5 nitrogen and oxygen atoms in total. The molecular formula is C27H28N2O3. The van der Waals surface area contributed by atoms with Gasteiger partial charge in [-0.05, 0) is 53.6 Å². The van der Waals surface area contributed by atoms with Gasteiger partial charge in [0.1, 0.15) is 18.1 Å². The van der Waals surface area contributed by atoms with Crippen LogP contribution in [0.5, 0.6) is 11.5 Å². The van der Waals surface area contributed by atoms with Crippen LogP contribution in [0.25, 0.3) is 6.08 Å². The molecule has 32 heavy (non-hydrogen) atoms. The fourth-order valence-electron chi connectivity index (χ4n) is 3.67. The largest absolute Gasteiger partial charge is 0.497 e. The summed E-state index contributed by atoms with van der Waals surface area (Å²) in [6.45, 7) is 3.60. The number of carbonyl (C=O) groups excluding carboxylic acids is 1. The van der Waals surface area contributed by atoms with Gasteiger partial charge < -0.3 is 19.3 Å². The normalized spacial score (nSPS) is 13.9. The third kappa shape index (κ3) is 5.70. The van der Waals surface area contributed by atoms with Gasteiger partial charge in [0.25, 0.3) is 0 Å². The average Bonchev–Trinajstić information content (AvgIpc) is 2.87. The van der Waals surface area contributed by atoms with Gasteiger partial charge in [-0.1, -0.05) is 42.5 Å². The minimum atomic E-state index is 0.0452. The Balaban J connectivity index is 1.25. The lowest BCUT2D eigenvalue weighted by atomic mass is 10.2. The van der Waals surface area contributed by atoms with Crippen LogP contribution in [0.1, 0.15) is 11.1 Å². The molecule has 0 atom stereocenters. The summed E-state index contributed by atoms with van der Waals surface area (Å²) in [5.74, 6) is 1.71. The molecule has 1 aliphatic heterocycles. The number of benzene rings is 3. The van der Waals surface area contributed by atoms with Crippen LogP contribution >= 0.6 is 0 Å². The molecule has 0 bridgehead atoms. The van der Waals surface area contributed by atoms with Crippen molar-refractivity contribution in [2.75, 3.05) is 38.2 Å². The Bertz CT molecular complexity index is 1020. The first-order valence-corrected chi connectivity index (χ1v) is 10.8. The van der Waals surface area contributed by atoms with Gasteiger partial charge in [0.15, 0.2) is 0 Å². The van der Waals surface area contributed by atoms with Crippen molar-refractivity contribution >= 4 is 17.7 Å². The van der Waals surface area contributed by atoms with Gasteiger partial charge in [0.05, 0.1) is 7.11 Å². The fourth-order valence-corrected chi connectivity index (χ4v) is 3.67. The lowest BCUT2D eigenvalue weighted by Gasteiger charge is -2.35. The molecule has 3 aromatic carbocycles. The van der Waals surface area contributed by atoms with Crippen molar-refractivity contribution in [1.82, 2.24) is 4.90 Å². The molecule has 5 heteroatoms. The number of methoxy groups -OCH3 is 1. The van der Waals surface area contributed by atoms with Crippen LogP contribution in [0.15, 0.2) is 84.9 Å². The van der Waals surface area contributed by atoms with Crippen LogP contribution in [0.3, 0.4) is 0 Å². The Morgan fingerprint density at radius 1 is 0.844 bits per heavy atom. The number of piperazine rings is 1. The maximum atomic E-state index is 12.6. The second kappa shape index (κ2) is 10.5. The van der Waals surface area contributed by atoms with Crippen LogP contribution < -0.4 is 14.4 Å². The summed E-state index contributed by atoms with van der Waals surface area (Å²) in [7, 11) is 1.67. The predicted octanol–water partition coefficient (Wildman–Crippen LogP) is 4.64. The van der Waals surface area contributed by atoms with E-state index in [0.717, 1.165) is 41.4 Å². The molecule has 1 heterocycles. The third-order valence-electron chi connectivity index (χ3n) is 5.58. The van der Waals surface area contributed by atoms with E-state index in [1.165, 1.54) is 0 Å². The lowest BCUT2D eigenvalue weighted by molar-refractivity contribution is -0.126. The zero-order valence-electron chi connectivity index (χ0n) is 18.3. The molecule has 164 valence electrons. The molecule has 0 aromatic heterocycles. The highest BCUT2D eigenvalue weighted by Crippen LogP contribution is 2.21. The summed E-state index contributed by atoms with van der Waals surface area (Å²) in [6.07, 6.45) is 3.52. The first-order valence-electron chi connectivity index (χ1n) is 10.8. The quantitative estimate of drug-likeness (QED) is 0.515. The number of rotatable bonds is 7. The number of hydrogen-bond donors (Lipinski definition) is 0. The average molecular weight is 429 g/mol. The molecule has 4 rings (SSSR count). The summed E-state index contributed by atoms with van der Waals surface area (Å²) in [5.41, 5.74) is 3.26. The van der Waals surface area contributed by atoms with E-state index >= 15 is 0 Å². The van der Waals surface area contributed by atoms with Crippen molar-refractivity contribution < 1.29 is 14.3 Å². The van der Waals surface area contributed by atoms with Gasteiger partial charge in [-0.15, -0.1) is 0 Å². The van der Waals surface area contributed by atoms with Crippen LogP contribution in [-0.4, -0.2) is 44.1 Å². The molecule has 0 unspecified atom stereocenters. The van der Waals surface area contributed by atoms with E-state index in [1.807, 2.05) is 77.7 Å². The SMILES string of the molecule is COc1ccc(N2CCN(C(=O)/C=C/c3ccc(OCc4ccccc4)cc3)CC2)cc1. The van der Waals surface area contributed by atoms with Crippen molar-refractivity contribution in [3.8, 4) is 11.5 Å². The number of ether oxygens (including phenoxy) is 2. The first kappa shape index (κ1) is 21.5. The van der Waals surface area contributed by atoms with Crippen LogP contribution in [-0.2, 0) is 11.4 Å². The maximum Gasteiger partial charge on any atom is 0.246 e. The fraction of sp³-hybridized carbons (Fsp3) is 0.222. The summed E-state index contributed by atoms with van der Waals surface area (Å²) < 4.78 is 11.0. The standard InChI is InChI=1S/C27H28N2O3/c1-31-25-14-10-24(11-15-25)28-17-19-29(20-18-28)27(30)16-9-22-7-12-26(13-8-22)32-21-23-5-3-2-4-6-23/h2-16H,17-21H2,1H3/b16-9+. The molecule has 1 amide bonds. The second-order valence-electron chi connectivity index (χ2n) is 7.69. The van der Waals surface area contributed by atoms with Crippen LogP contribution in [0, 0.1) is 0 Å². The van der Waals surface area contributed by atoms with Gasteiger partial charge in [0, 0.05) is 37.9 Å². The maximum absolute atomic E-state index is 12.6. The molecule has 1 saturated heterocycles. The zero-order valence-corrected chi connectivity index (χ0v) is 18.3.